The molecule has 166 valence electrons. The lowest BCUT2D eigenvalue weighted by Crippen LogP contribution is -2.21. The Morgan fingerprint density at radius 1 is 0.970 bits per heavy atom. The molecule has 1 atom stereocenters. The number of fused-ring (bicyclic) bond motifs is 1. The smallest absolute Gasteiger partial charge is 0.159 e. The number of aryl methyl sites for hydroxylation is 1. The number of hydrogen-bond donors (Lipinski definition) is 0. The highest BCUT2D eigenvalue weighted by molar-refractivity contribution is 6.06. The molecule has 4 aromatic rings. The summed E-state index contributed by atoms with van der Waals surface area (Å²) in [7, 11) is 3.37. The van der Waals surface area contributed by atoms with Crippen LogP contribution in [0.2, 0.25) is 0 Å². The van der Waals surface area contributed by atoms with Crippen LogP contribution in [0.1, 0.15) is 36.2 Å². The summed E-state index contributed by atoms with van der Waals surface area (Å²) >= 11 is 0. The van der Waals surface area contributed by atoms with Gasteiger partial charge in [0.25, 0.3) is 0 Å². The van der Waals surface area contributed by atoms with Gasteiger partial charge in [0.1, 0.15) is 11.5 Å². The molecule has 0 amide bonds. The number of para-hydroxylation sites is 1. The molecule has 1 aliphatic rings. The molecule has 0 spiro atoms. The van der Waals surface area contributed by atoms with Crippen molar-refractivity contribution in [3.63, 3.8) is 0 Å². The minimum Gasteiger partial charge on any atom is -0.497 e. The molecule has 2 aromatic heterocycles. The molecule has 0 saturated carbocycles. The third-order valence-electron chi connectivity index (χ3n) is 6.08. The van der Waals surface area contributed by atoms with Gasteiger partial charge in [-0.2, -0.15) is 5.10 Å². The number of rotatable bonds is 6. The van der Waals surface area contributed by atoms with Gasteiger partial charge in [0.15, 0.2) is 5.82 Å². The number of benzene rings is 2. The van der Waals surface area contributed by atoms with E-state index in [4.69, 9.17) is 19.6 Å². The molecule has 0 bridgehead atoms. The Hall–Kier alpha value is -3.93. The molecule has 33 heavy (non-hydrogen) atoms. The fourth-order valence-electron chi connectivity index (χ4n) is 4.42. The van der Waals surface area contributed by atoms with Crippen LogP contribution in [-0.2, 0) is 6.42 Å². The van der Waals surface area contributed by atoms with Crippen molar-refractivity contribution in [2.45, 2.75) is 25.8 Å². The molecule has 3 heterocycles. The molecule has 5 rings (SSSR count). The molecular weight excluding hydrogens is 412 g/mol. The van der Waals surface area contributed by atoms with Crippen LogP contribution < -0.4 is 9.47 Å². The largest absolute Gasteiger partial charge is 0.497 e. The van der Waals surface area contributed by atoms with Crippen LogP contribution in [0, 0.1) is 0 Å². The highest BCUT2D eigenvalue weighted by atomic mass is 16.5. The number of hydrogen-bond acceptors (Lipinski definition) is 5. The summed E-state index contributed by atoms with van der Waals surface area (Å²) in [6, 6.07) is 20.2. The van der Waals surface area contributed by atoms with Gasteiger partial charge in [0.05, 0.1) is 31.7 Å². The number of ether oxygens (including phenoxy) is 2. The molecule has 6 nitrogen and oxygen atoms in total. The molecule has 0 fully saturated rings. The zero-order valence-electron chi connectivity index (χ0n) is 19.0. The van der Waals surface area contributed by atoms with Crippen molar-refractivity contribution in [3.8, 4) is 22.6 Å². The van der Waals surface area contributed by atoms with Gasteiger partial charge >= 0.3 is 0 Å². The monoisotopic (exact) mass is 438 g/mol. The quantitative estimate of drug-likeness (QED) is 0.391. The predicted octanol–water partition coefficient (Wildman–Crippen LogP) is 5.64. The number of nitrogens with zero attached hydrogens (tertiary/aromatic N) is 4. The maximum absolute atomic E-state index is 5.66. The van der Waals surface area contributed by atoms with Gasteiger partial charge in [0, 0.05) is 29.9 Å². The average Bonchev–Trinajstić information content (AvgIpc) is 3.27. The van der Waals surface area contributed by atoms with Crippen LogP contribution in [0.5, 0.6) is 11.5 Å². The zero-order valence-corrected chi connectivity index (χ0v) is 19.0. The van der Waals surface area contributed by atoms with E-state index in [9.17, 15) is 0 Å². The van der Waals surface area contributed by atoms with Gasteiger partial charge in [-0.05, 0) is 47.9 Å². The van der Waals surface area contributed by atoms with Crippen molar-refractivity contribution in [1.29, 1.82) is 0 Å². The Balaban J connectivity index is 1.74. The third-order valence-corrected chi connectivity index (χ3v) is 6.08. The van der Waals surface area contributed by atoms with E-state index in [0.717, 1.165) is 57.4 Å². The zero-order chi connectivity index (χ0) is 22.8. The van der Waals surface area contributed by atoms with Crippen molar-refractivity contribution in [2.75, 3.05) is 14.2 Å². The van der Waals surface area contributed by atoms with E-state index < -0.39 is 0 Å². The molecule has 0 saturated heterocycles. The molecule has 0 N–H and O–H groups in total. The fraction of sp³-hybridized carbons (Fsp3) is 0.222. The number of pyridine rings is 1. The van der Waals surface area contributed by atoms with Crippen molar-refractivity contribution in [3.05, 3.63) is 89.9 Å². The van der Waals surface area contributed by atoms with Gasteiger partial charge in [-0.1, -0.05) is 37.3 Å². The van der Waals surface area contributed by atoms with Crippen molar-refractivity contribution >= 4 is 11.5 Å². The van der Waals surface area contributed by atoms with E-state index in [2.05, 4.69) is 40.9 Å². The molecular formula is C27H26N4O2. The van der Waals surface area contributed by atoms with Crippen LogP contribution in [0.3, 0.4) is 0 Å². The van der Waals surface area contributed by atoms with E-state index in [1.165, 1.54) is 0 Å². The Labute approximate surface area is 193 Å². The van der Waals surface area contributed by atoms with E-state index in [1.54, 1.807) is 20.4 Å². The molecule has 6 heteroatoms. The molecule has 0 radical (unpaired) electrons. The summed E-state index contributed by atoms with van der Waals surface area (Å²) in [5, 5.41) is 5.04. The van der Waals surface area contributed by atoms with Crippen LogP contribution in [0.4, 0.5) is 5.82 Å². The maximum atomic E-state index is 5.66. The third kappa shape index (κ3) is 3.78. The highest BCUT2D eigenvalue weighted by Gasteiger charge is 2.31. The van der Waals surface area contributed by atoms with E-state index in [-0.39, 0.29) is 6.04 Å². The van der Waals surface area contributed by atoms with E-state index in [0.29, 0.717) is 6.42 Å². The SMILES string of the molecule is CCc1nn2c(c1-c1ccc(OC)cc1)N=C(c1ccccc1OC)C[C@@H]2c1cccnc1. The summed E-state index contributed by atoms with van der Waals surface area (Å²) in [5.41, 5.74) is 6.23. The summed E-state index contributed by atoms with van der Waals surface area (Å²) in [5.74, 6) is 2.50. The van der Waals surface area contributed by atoms with Gasteiger partial charge in [-0.3, -0.25) is 4.98 Å². The highest BCUT2D eigenvalue weighted by Crippen LogP contribution is 2.43. The molecule has 0 unspecified atom stereocenters. The molecule has 0 aliphatic carbocycles. The minimum atomic E-state index is -0.0107. The van der Waals surface area contributed by atoms with Crippen LogP contribution >= 0.6 is 0 Å². The summed E-state index contributed by atoms with van der Waals surface area (Å²) in [6.07, 6.45) is 5.22. The van der Waals surface area contributed by atoms with Gasteiger partial charge in [0.2, 0.25) is 0 Å². The van der Waals surface area contributed by atoms with Crippen LogP contribution in [0.25, 0.3) is 11.1 Å². The first-order valence-corrected chi connectivity index (χ1v) is 11.1. The Kier molecular flexibility index (Phi) is 5.65. The number of aromatic nitrogens is 3. The lowest BCUT2D eigenvalue weighted by molar-refractivity contribution is 0.413. The average molecular weight is 439 g/mol. The fourth-order valence-corrected chi connectivity index (χ4v) is 4.42. The van der Waals surface area contributed by atoms with Crippen molar-refractivity contribution in [1.82, 2.24) is 14.8 Å². The van der Waals surface area contributed by atoms with Crippen molar-refractivity contribution < 1.29 is 9.47 Å². The van der Waals surface area contributed by atoms with E-state index in [1.807, 2.05) is 42.6 Å². The standard InChI is InChI=1S/C27H26N4O2/c1-4-22-26(18-11-13-20(32-2)14-12-18)27-29-23(21-9-5-6-10-25(21)33-3)16-24(31(27)30-22)19-8-7-15-28-17-19/h5-15,17,24H,4,16H2,1-3H3/t24-/m1/s1. The number of aliphatic imine (C=N–C) groups is 1. The van der Waals surface area contributed by atoms with Gasteiger partial charge < -0.3 is 9.47 Å². The first kappa shape index (κ1) is 20.9. The van der Waals surface area contributed by atoms with Gasteiger partial charge in [-0.25, -0.2) is 9.67 Å². The lowest BCUT2D eigenvalue weighted by Gasteiger charge is -2.25. The van der Waals surface area contributed by atoms with E-state index >= 15 is 0 Å². The Morgan fingerprint density at radius 2 is 1.79 bits per heavy atom. The second kappa shape index (κ2) is 8.90. The molecule has 1 aliphatic heterocycles. The second-order valence-corrected chi connectivity index (χ2v) is 7.94. The summed E-state index contributed by atoms with van der Waals surface area (Å²) < 4.78 is 13.1. The topological polar surface area (TPSA) is 61.5 Å². The summed E-state index contributed by atoms with van der Waals surface area (Å²) in [6.45, 7) is 2.13. The van der Waals surface area contributed by atoms with Crippen LogP contribution in [-0.4, -0.2) is 34.7 Å². The van der Waals surface area contributed by atoms with Crippen LogP contribution in [0.15, 0.2) is 78.0 Å². The summed E-state index contributed by atoms with van der Waals surface area (Å²) in [4.78, 5) is 9.54. The molecule has 2 aromatic carbocycles. The lowest BCUT2D eigenvalue weighted by atomic mass is 9.95. The van der Waals surface area contributed by atoms with Gasteiger partial charge in [-0.15, -0.1) is 0 Å². The number of methoxy groups -OCH3 is 2. The maximum Gasteiger partial charge on any atom is 0.159 e. The van der Waals surface area contributed by atoms with Crippen molar-refractivity contribution in [2.24, 2.45) is 4.99 Å². The second-order valence-electron chi connectivity index (χ2n) is 7.94. The first-order valence-electron chi connectivity index (χ1n) is 11.1. The minimum absolute atomic E-state index is 0.0107. The first-order chi connectivity index (χ1) is 16.2. The Bertz CT molecular complexity index is 1290. The normalized spacial score (nSPS) is 15.0. The predicted molar refractivity (Wildman–Crippen MR) is 130 cm³/mol. The Morgan fingerprint density at radius 3 is 2.48 bits per heavy atom.